The van der Waals surface area contributed by atoms with Crippen LogP contribution in [0, 0.1) is 0 Å². The molecule has 25 heavy (non-hydrogen) atoms. The van der Waals surface area contributed by atoms with Crippen LogP contribution in [0.5, 0.6) is 0 Å². The average Bonchev–Trinajstić information content (AvgIpc) is 3.12. The highest BCUT2D eigenvalue weighted by Gasteiger charge is 2.43. The van der Waals surface area contributed by atoms with E-state index in [0.29, 0.717) is 5.82 Å². The molecular weight excluding hydrogens is 316 g/mol. The number of nitrogens with zero attached hydrogens (tertiary/aromatic N) is 4. The van der Waals surface area contributed by atoms with Gasteiger partial charge in [0.05, 0.1) is 5.41 Å². The van der Waals surface area contributed by atoms with Crippen molar-refractivity contribution in [1.82, 2.24) is 15.1 Å². The molecule has 0 spiro atoms. The van der Waals surface area contributed by atoms with E-state index in [2.05, 4.69) is 26.1 Å². The van der Waals surface area contributed by atoms with Crippen LogP contribution in [0.1, 0.15) is 50.8 Å². The quantitative estimate of drug-likeness (QED) is 0.799. The molecule has 1 aliphatic carbocycles. The molecule has 0 atom stereocenters. The van der Waals surface area contributed by atoms with Crippen molar-refractivity contribution in [3.05, 3.63) is 24.2 Å². The van der Waals surface area contributed by atoms with Crippen molar-refractivity contribution in [2.45, 2.75) is 50.4 Å². The molecule has 0 N–H and O–H groups in total. The number of methoxy groups -OCH3 is 1. The molecule has 3 heterocycles. The summed E-state index contributed by atoms with van der Waals surface area (Å²) in [5, 5.41) is 4.20. The lowest BCUT2D eigenvalue weighted by Crippen LogP contribution is -2.35. The average molecular weight is 342 g/mol. The number of hydrogen-bond donors (Lipinski definition) is 0. The van der Waals surface area contributed by atoms with Crippen molar-refractivity contribution >= 4 is 5.82 Å². The van der Waals surface area contributed by atoms with Crippen molar-refractivity contribution in [3.8, 4) is 11.4 Å². The molecule has 2 aromatic heterocycles. The molecule has 134 valence electrons. The van der Waals surface area contributed by atoms with Crippen LogP contribution < -0.4 is 4.90 Å². The van der Waals surface area contributed by atoms with Gasteiger partial charge in [0.2, 0.25) is 11.7 Å². The van der Waals surface area contributed by atoms with Crippen LogP contribution in [-0.4, -0.2) is 41.9 Å². The molecule has 0 bridgehead atoms. The summed E-state index contributed by atoms with van der Waals surface area (Å²) in [5.74, 6) is 2.44. The predicted octanol–water partition coefficient (Wildman–Crippen LogP) is 3.58. The van der Waals surface area contributed by atoms with Crippen LogP contribution in [0.4, 0.5) is 5.82 Å². The maximum Gasteiger partial charge on any atom is 0.233 e. The Kier molecular flexibility index (Phi) is 4.70. The number of ether oxygens (including phenoxy) is 1. The number of aromatic nitrogens is 3. The topological polar surface area (TPSA) is 64.3 Å². The second-order valence-corrected chi connectivity index (χ2v) is 7.25. The summed E-state index contributed by atoms with van der Waals surface area (Å²) in [6.45, 7) is 2.92. The molecule has 1 saturated carbocycles. The third-order valence-corrected chi connectivity index (χ3v) is 5.66. The highest BCUT2D eigenvalue weighted by Crippen LogP contribution is 2.46. The highest BCUT2D eigenvalue weighted by atomic mass is 16.5. The third-order valence-electron chi connectivity index (χ3n) is 5.66. The van der Waals surface area contributed by atoms with Gasteiger partial charge in [-0.1, -0.05) is 11.6 Å². The molecule has 1 saturated heterocycles. The van der Waals surface area contributed by atoms with E-state index in [1.807, 2.05) is 12.3 Å². The van der Waals surface area contributed by atoms with E-state index in [1.165, 1.54) is 25.7 Å². The van der Waals surface area contributed by atoms with Gasteiger partial charge in [-0.25, -0.2) is 4.98 Å². The van der Waals surface area contributed by atoms with Crippen LogP contribution >= 0.6 is 0 Å². The van der Waals surface area contributed by atoms with Gasteiger partial charge < -0.3 is 14.2 Å². The molecule has 0 aromatic carbocycles. The second-order valence-electron chi connectivity index (χ2n) is 7.25. The van der Waals surface area contributed by atoms with E-state index < -0.39 is 0 Å². The first-order valence-corrected chi connectivity index (χ1v) is 9.35. The maximum absolute atomic E-state index is 5.62. The van der Waals surface area contributed by atoms with Gasteiger partial charge in [-0.3, -0.25) is 0 Å². The summed E-state index contributed by atoms with van der Waals surface area (Å²) >= 11 is 0. The molecule has 2 aliphatic rings. The highest BCUT2D eigenvalue weighted by molar-refractivity contribution is 5.56. The Bertz CT molecular complexity index is 688. The van der Waals surface area contributed by atoms with Gasteiger partial charge in [-0.15, -0.1) is 0 Å². The van der Waals surface area contributed by atoms with Crippen molar-refractivity contribution in [3.63, 3.8) is 0 Å². The number of hydrogen-bond acceptors (Lipinski definition) is 6. The summed E-state index contributed by atoms with van der Waals surface area (Å²) in [6, 6.07) is 4.12. The van der Waals surface area contributed by atoms with Crippen LogP contribution in [0.2, 0.25) is 0 Å². The van der Waals surface area contributed by atoms with Crippen molar-refractivity contribution in [1.29, 1.82) is 0 Å². The zero-order valence-electron chi connectivity index (χ0n) is 14.9. The second kappa shape index (κ2) is 7.12. The van der Waals surface area contributed by atoms with E-state index in [9.17, 15) is 0 Å². The zero-order valence-corrected chi connectivity index (χ0v) is 14.9. The lowest BCUT2D eigenvalue weighted by atomic mass is 9.66. The Hall–Kier alpha value is -1.95. The van der Waals surface area contributed by atoms with Crippen molar-refractivity contribution < 1.29 is 9.26 Å². The molecule has 0 amide bonds. The van der Waals surface area contributed by atoms with Crippen LogP contribution in [0.25, 0.3) is 11.4 Å². The number of anilines is 1. The molecule has 4 rings (SSSR count). The van der Waals surface area contributed by atoms with Crippen LogP contribution in [0.15, 0.2) is 22.9 Å². The minimum absolute atomic E-state index is 0.0163. The van der Waals surface area contributed by atoms with E-state index in [-0.39, 0.29) is 5.41 Å². The zero-order chi connectivity index (χ0) is 17.1. The first-order chi connectivity index (χ1) is 12.3. The van der Waals surface area contributed by atoms with Gasteiger partial charge in [0.25, 0.3) is 0 Å². The number of piperidine rings is 1. The van der Waals surface area contributed by atoms with Gasteiger partial charge in [0.15, 0.2) is 0 Å². The van der Waals surface area contributed by atoms with Crippen molar-refractivity contribution in [2.75, 3.05) is 31.7 Å². The Morgan fingerprint density at radius 3 is 2.64 bits per heavy atom. The fourth-order valence-electron chi connectivity index (χ4n) is 3.86. The fourth-order valence-corrected chi connectivity index (χ4v) is 3.86. The fraction of sp³-hybridized carbons (Fsp3) is 0.632. The lowest BCUT2D eigenvalue weighted by molar-refractivity contribution is 0.104. The number of rotatable bonds is 6. The molecule has 1 aliphatic heterocycles. The molecule has 6 nitrogen and oxygen atoms in total. The first-order valence-electron chi connectivity index (χ1n) is 9.35. The largest absolute Gasteiger partial charge is 0.385 e. The van der Waals surface area contributed by atoms with Gasteiger partial charge in [0, 0.05) is 38.6 Å². The molecule has 0 unspecified atom stereocenters. The van der Waals surface area contributed by atoms with Gasteiger partial charge in [-0.2, -0.15) is 4.98 Å². The molecular formula is C19H26N4O2. The van der Waals surface area contributed by atoms with E-state index in [1.54, 1.807) is 7.11 Å². The number of pyridine rings is 1. The minimum Gasteiger partial charge on any atom is -0.385 e. The first kappa shape index (κ1) is 16.5. The normalized spacial score (nSPS) is 19.6. The smallest absolute Gasteiger partial charge is 0.233 e. The van der Waals surface area contributed by atoms with E-state index in [0.717, 1.165) is 56.2 Å². The van der Waals surface area contributed by atoms with Crippen LogP contribution in [-0.2, 0) is 10.2 Å². The molecule has 6 heteroatoms. The van der Waals surface area contributed by atoms with Gasteiger partial charge in [-0.05, 0) is 50.7 Å². The summed E-state index contributed by atoms with van der Waals surface area (Å²) in [6.07, 6.45) is 10.0. The summed E-state index contributed by atoms with van der Waals surface area (Å²) < 4.78 is 10.9. The Labute approximate surface area is 148 Å². The third kappa shape index (κ3) is 3.27. The van der Waals surface area contributed by atoms with Crippen LogP contribution in [0.3, 0.4) is 0 Å². The Morgan fingerprint density at radius 1 is 1.16 bits per heavy atom. The predicted molar refractivity (Wildman–Crippen MR) is 95.6 cm³/mol. The van der Waals surface area contributed by atoms with E-state index in [4.69, 9.17) is 9.26 Å². The van der Waals surface area contributed by atoms with Gasteiger partial charge >= 0.3 is 0 Å². The maximum atomic E-state index is 5.62. The molecule has 0 radical (unpaired) electrons. The standard InChI is InChI=1S/C19H26N4O2/c1-24-13-10-19(8-5-9-19)18-21-17(22-25-18)15-6-7-16(20-14-15)23-11-3-2-4-12-23/h6-7,14H,2-5,8-13H2,1H3. The molecule has 2 fully saturated rings. The minimum atomic E-state index is 0.0163. The van der Waals surface area contributed by atoms with Crippen molar-refractivity contribution in [2.24, 2.45) is 0 Å². The Morgan fingerprint density at radius 2 is 2.00 bits per heavy atom. The lowest BCUT2D eigenvalue weighted by Gasteiger charge is -2.38. The summed E-state index contributed by atoms with van der Waals surface area (Å²) in [7, 11) is 1.74. The van der Waals surface area contributed by atoms with Gasteiger partial charge in [0.1, 0.15) is 5.82 Å². The van der Waals surface area contributed by atoms with E-state index >= 15 is 0 Å². The SMILES string of the molecule is COCCC1(c2nc(-c3ccc(N4CCCCC4)nc3)no2)CCC1. The summed E-state index contributed by atoms with van der Waals surface area (Å²) in [4.78, 5) is 11.7. The monoisotopic (exact) mass is 342 g/mol. The summed E-state index contributed by atoms with van der Waals surface area (Å²) in [5.41, 5.74) is 0.930. The Balaban J connectivity index is 1.50. The molecule has 2 aromatic rings.